The van der Waals surface area contributed by atoms with Crippen molar-refractivity contribution in [3.8, 4) is 22.4 Å². The van der Waals surface area contributed by atoms with Gasteiger partial charge in [-0.3, -0.25) is 0 Å². The number of aryl methyl sites for hydroxylation is 2. The van der Waals surface area contributed by atoms with E-state index in [1.165, 1.54) is 38.1 Å². The molecule has 0 unspecified atom stereocenters. The Balaban J connectivity index is 1.34. The van der Waals surface area contributed by atoms with E-state index in [1.807, 2.05) is 12.1 Å². The molecule has 0 amide bonds. The molecular formula is C37H25NO. The van der Waals surface area contributed by atoms with Gasteiger partial charge in [0.2, 0.25) is 0 Å². The minimum Gasteiger partial charge on any atom is -0.455 e. The number of pyridine rings is 1. The summed E-state index contributed by atoms with van der Waals surface area (Å²) in [6, 6.07) is 41.1. The van der Waals surface area contributed by atoms with E-state index in [9.17, 15) is 0 Å². The molecule has 8 rings (SSSR count). The third-order valence-electron chi connectivity index (χ3n) is 7.95. The highest BCUT2D eigenvalue weighted by molar-refractivity contribution is 6.24. The summed E-state index contributed by atoms with van der Waals surface area (Å²) < 4.78 is 6.33. The molecule has 184 valence electrons. The Morgan fingerprint density at radius 1 is 0.487 bits per heavy atom. The van der Waals surface area contributed by atoms with Gasteiger partial charge in [-0.15, -0.1) is 0 Å². The number of rotatable bonds is 2. The highest BCUT2D eigenvalue weighted by Crippen LogP contribution is 2.39. The minimum absolute atomic E-state index is 0.914. The van der Waals surface area contributed by atoms with Crippen molar-refractivity contribution >= 4 is 54.4 Å². The first-order chi connectivity index (χ1) is 19.1. The molecule has 0 saturated heterocycles. The summed E-state index contributed by atoms with van der Waals surface area (Å²) in [6.07, 6.45) is 0. The van der Waals surface area contributed by atoms with Crippen LogP contribution >= 0.6 is 0 Å². The molecule has 2 aromatic heterocycles. The maximum absolute atomic E-state index is 6.33. The molecule has 0 aliphatic rings. The van der Waals surface area contributed by atoms with Crippen LogP contribution in [-0.2, 0) is 0 Å². The molecular weight excluding hydrogens is 474 g/mol. The summed E-state index contributed by atoms with van der Waals surface area (Å²) in [6.45, 7) is 4.31. The molecule has 0 fully saturated rings. The van der Waals surface area contributed by atoms with Crippen LogP contribution in [0.2, 0.25) is 0 Å². The monoisotopic (exact) mass is 499 g/mol. The zero-order valence-electron chi connectivity index (χ0n) is 21.8. The van der Waals surface area contributed by atoms with Crippen molar-refractivity contribution < 1.29 is 4.42 Å². The lowest BCUT2D eigenvalue weighted by atomic mass is 9.94. The van der Waals surface area contributed by atoms with Gasteiger partial charge in [0.15, 0.2) is 0 Å². The number of fused-ring (bicyclic) bond motifs is 9. The predicted molar refractivity (Wildman–Crippen MR) is 164 cm³/mol. The van der Waals surface area contributed by atoms with Crippen LogP contribution in [0.5, 0.6) is 0 Å². The van der Waals surface area contributed by atoms with Crippen LogP contribution in [0.25, 0.3) is 76.8 Å². The van der Waals surface area contributed by atoms with Crippen molar-refractivity contribution in [3.05, 3.63) is 126 Å². The van der Waals surface area contributed by atoms with E-state index < -0.39 is 0 Å². The van der Waals surface area contributed by atoms with Gasteiger partial charge < -0.3 is 4.42 Å². The van der Waals surface area contributed by atoms with Crippen LogP contribution in [-0.4, -0.2) is 4.98 Å². The molecule has 0 radical (unpaired) electrons. The number of hydrogen-bond donors (Lipinski definition) is 0. The van der Waals surface area contributed by atoms with Crippen molar-refractivity contribution in [1.82, 2.24) is 4.98 Å². The largest absolute Gasteiger partial charge is 0.455 e. The highest BCUT2D eigenvalue weighted by Gasteiger charge is 2.14. The number of hydrogen-bond acceptors (Lipinski definition) is 2. The molecule has 0 aliphatic carbocycles. The van der Waals surface area contributed by atoms with Gasteiger partial charge in [-0.25, -0.2) is 4.98 Å². The summed E-state index contributed by atoms with van der Waals surface area (Å²) in [5.74, 6) is 0. The first-order valence-electron chi connectivity index (χ1n) is 13.4. The first kappa shape index (κ1) is 22.1. The van der Waals surface area contributed by atoms with Gasteiger partial charge in [-0.2, -0.15) is 0 Å². The normalized spacial score (nSPS) is 11.8. The second-order valence-electron chi connectivity index (χ2n) is 10.6. The summed E-state index contributed by atoms with van der Waals surface area (Å²) >= 11 is 0. The molecule has 2 heterocycles. The summed E-state index contributed by atoms with van der Waals surface area (Å²) in [4.78, 5) is 5.28. The molecule has 2 nitrogen and oxygen atoms in total. The third-order valence-corrected chi connectivity index (χ3v) is 7.95. The van der Waals surface area contributed by atoms with Crippen LogP contribution < -0.4 is 0 Å². The fourth-order valence-electron chi connectivity index (χ4n) is 6.07. The molecule has 0 saturated carbocycles. The van der Waals surface area contributed by atoms with E-state index in [-0.39, 0.29) is 0 Å². The van der Waals surface area contributed by atoms with E-state index >= 15 is 0 Å². The predicted octanol–water partition coefficient (Wildman–Crippen LogP) is 10.4. The lowest BCUT2D eigenvalue weighted by Crippen LogP contribution is -1.91. The Kier molecular flexibility index (Phi) is 4.68. The van der Waals surface area contributed by atoms with Crippen LogP contribution in [0.3, 0.4) is 0 Å². The number of furan rings is 1. The van der Waals surface area contributed by atoms with Gasteiger partial charge in [-0.05, 0) is 59.8 Å². The highest BCUT2D eigenvalue weighted by atomic mass is 16.3. The van der Waals surface area contributed by atoms with E-state index in [1.54, 1.807) is 0 Å². The molecule has 2 heteroatoms. The molecule has 0 spiro atoms. The Hall–Kier alpha value is -4.95. The second kappa shape index (κ2) is 8.28. The molecule has 8 aromatic rings. The van der Waals surface area contributed by atoms with E-state index in [2.05, 4.69) is 117 Å². The van der Waals surface area contributed by atoms with Crippen molar-refractivity contribution in [2.75, 3.05) is 0 Å². The summed E-state index contributed by atoms with van der Waals surface area (Å²) in [5.41, 5.74) is 9.67. The van der Waals surface area contributed by atoms with Gasteiger partial charge in [-0.1, -0.05) is 102 Å². The molecule has 6 aromatic carbocycles. The van der Waals surface area contributed by atoms with Crippen LogP contribution in [0, 0.1) is 13.8 Å². The SMILES string of the molecule is Cc1ccc2c(c1)c1cc(C)ccc1c1nc(-c3cccc(-c4cccc5c4oc4ccccc45)c3)ccc21. The average molecular weight is 500 g/mol. The topological polar surface area (TPSA) is 26.0 Å². The van der Waals surface area contributed by atoms with E-state index in [4.69, 9.17) is 9.40 Å². The average Bonchev–Trinajstić information content (AvgIpc) is 3.36. The maximum Gasteiger partial charge on any atom is 0.143 e. The smallest absolute Gasteiger partial charge is 0.143 e. The fraction of sp³-hybridized carbons (Fsp3) is 0.0541. The summed E-state index contributed by atoms with van der Waals surface area (Å²) in [7, 11) is 0. The zero-order chi connectivity index (χ0) is 26.1. The van der Waals surface area contributed by atoms with Crippen molar-refractivity contribution in [3.63, 3.8) is 0 Å². The van der Waals surface area contributed by atoms with Crippen LogP contribution in [0.1, 0.15) is 11.1 Å². The summed E-state index contributed by atoms with van der Waals surface area (Å²) in [5, 5.41) is 8.46. The Morgan fingerprint density at radius 3 is 2.03 bits per heavy atom. The molecule has 0 bridgehead atoms. The molecule has 0 N–H and O–H groups in total. The molecule has 0 aliphatic heterocycles. The number of aromatic nitrogens is 1. The van der Waals surface area contributed by atoms with Gasteiger partial charge in [0.1, 0.15) is 11.2 Å². The zero-order valence-corrected chi connectivity index (χ0v) is 21.8. The van der Waals surface area contributed by atoms with Gasteiger partial charge >= 0.3 is 0 Å². The van der Waals surface area contributed by atoms with Crippen molar-refractivity contribution in [1.29, 1.82) is 0 Å². The van der Waals surface area contributed by atoms with E-state index in [0.29, 0.717) is 0 Å². The number of nitrogens with zero attached hydrogens (tertiary/aromatic N) is 1. The standard InChI is InChI=1S/C37H25NO/c1-22-13-15-27-29-17-18-34(38-36(29)30-16-14-23(2)20-33(30)32(27)19-22)25-8-5-7-24(21-25)26-10-6-11-31-28-9-3-4-12-35(28)39-37(26)31/h3-21H,1-2H3. The Bertz CT molecular complexity index is 2250. The van der Waals surface area contributed by atoms with Gasteiger partial charge in [0, 0.05) is 32.7 Å². The first-order valence-corrected chi connectivity index (χ1v) is 13.4. The lowest BCUT2D eigenvalue weighted by Gasteiger charge is -2.13. The second-order valence-corrected chi connectivity index (χ2v) is 10.6. The van der Waals surface area contributed by atoms with Crippen molar-refractivity contribution in [2.45, 2.75) is 13.8 Å². The van der Waals surface area contributed by atoms with Gasteiger partial charge in [0.05, 0.1) is 11.2 Å². The third kappa shape index (κ3) is 3.38. The van der Waals surface area contributed by atoms with Gasteiger partial charge in [0.25, 0.3) is 0 Å². The lowest BCUT2D eigenvalue weighted by molar-refractivity contribution is 0.670. The Morgan fingerprint density at radius 2 is 1.15 bits per heavy atom. The molecule has 39 heavy (non-hydrogen) atoms. The molecule has 0 atom stereocenters. The Labute approximate surface area is 226 Å². The van der Waals surface area contributed by atoms with Crippen LogP contribution in [0.15, 0.2) is 120 Å². The number of benzene rings is 6. The minimum atomic E-state index is 0.914. The van der Waals surface area contributed by atoms with Crippen molar-refractivity contribution in [2.24, 2.45) is 0 Å². The quantitative estimate of drug-likeness (QED) is 0.221. The number of para-hydroxylation sites is 2. The van der Waals surface area contributed by atoms with E-state index in [0.717, 1.165) is 49.8 Å². The fourth-order valence-corrected chi connectivity index (χ4v) is 6.07. The maximum atomic E-state index is 6.33. The van der Waals surface area contributed by atoms with Crippen LogP contribution in [0.4, 0.5) is 0 Å².